The largest absolute Gasteiger partial charge is 0.355 e. The molecule has 0 saturated carbocycles. The fraction of sp³-hybridized carbons (Fsp3) is 0.429. The van der Waals surface area contributed by atoms with Gasteiger partial charge < -0.3 is 16.4 Å². The molecule has 0 aliphatic heterocycles. The zero-order chi connectivity index (χ0) is 14.4. The van der Waals surface area contributed by atoms with Gasteiger partial charge in [-0.3, -0.25) is 9.59 Å². The van der Waals surface area contributed by atoms with Crippen LogP contribution in [0.1, 0.15) is 35.7 Å². The van der Waals surface area contributed by atoms with Crippen molar-refractivity contribution in [2.45, 2.75) is 32.7 Å². The molecular formula is C14H21N3O2. The quantitative estimate of drug-likeness (QED) is 0.751. The summed E-state index contributed by atoms with van der Waals surface area (Å²) in [6.07, 6.45) is 1.05. The van der Waals surface area contributed by atoms with E-state index in [9.17, 15) is 9.59 Å². The highest BCUT2D eigenvalue weighted by molar-refractivity contribution is 5.96. The molecule has 0 saturated heterocycles. The minimum absolute atomic E-state index is 0.0162. The summed E-state index contributed by atoms with van der Waals surface area (Å²) in [4.78, 5) is 23.2. The Balaban J connectivity index is 2.69. The third-order valence-electron chi connectivity index (χ3n) is 2.82. The van der Waals surface area contributed by atoms with E-state index in [2.05, 4.69) is 10.6 Å². The fourth-order valence-electron chi connectivity index (χ4n) is 1.66. The molecule has 5 heteroatoms. The number of rotatable bonds is 5. The normalized spacial score (nSPS) is 11.8. The predicted octanol–water partition coefficient (Wildman–Crippen LogP) is 1.42. The molecule has 0 bridgehead atoms. The Morgan fingerprint density at radius 3 is 2.58 bits per heavy atom. The molecule has 0 aliphatic carbocycles. The smallest absolute Gasteiger partial charge is 0.251 e. The Morgan fingerprint density at radius 1 is 1.37 bits per heavy atom. The number of carbonyl (C=O) groups is 2. The molecule has 1 unspecified atom stereocenters. The van der Waals surface area contributed by atoms with Gasteiger partial charge in [0.2, 0.25) is 5.91 Å². The van der Waals surface area contributed by atoms with Crippen LogP contribution in [0.25, 0.3) is 0 Å². The summed E-state index contributed by atoms with van der Waals surface area (Å²) in [6, 6.07) is 5.19. The van der Waals surface area contributed by atoms with Gasteiger partial charge in [0.05, 0.1) is 0 Å². The second-order valence-electron chi connectivity index (χ2n) is 4.67. The van der Waals surface area contributed by atoms with Gasteiger partial charge in [-0.05, 0) is 44.0 Å². The second-order valence-corrected chi connectivity index (χ2v) is 4.67. The molecule has 0 radical (unpaired) electrons. The minimum atomic E-state index is -0.141. The van der Waals surface area contributed by atoms with Crippen LogP contribution in [0.3, 0.4) is 0 Å². The van der Waals surface area contributed by atoms with E-state index < -0.39 is 0 Å². The number of nitrogens with one attached hydrogen (secondary N) is 2. The second kappa shape index (κ2) is 6.89. The van der Waals surface area contributed by atoms with Crippen LogP contribution in [-0.2, 0) is 4.79 Å². The van der Waals surface area contributed by atoms with Crippen molar-refractivity contribution in [2.24, 2.45) is 5.73 Å². The van der Waals surface area contributed by atoms with Gasteiger partial charge in [0.25, 0.3) is 5.91 Å². The lowest BCUT2D eigenvalue weighted by Crippen LogP contribution is -2.20. The first kappa shape index (κ1) is 15.2. The zero-order valence-electron chi connectivity index (χ0n) is 11.6. The summed E-state index contributed by atoms with van der Waals surface area (Å²) in [5.41, 5.74) is 7.77. The van der Waals surface area contributed by atoms with Crippen molar-refractivity contribution < 1.29 is 9.59 Å². The number of aryl methyl sites for hydroxylation is 1. The molecule has 5 nitrogen and oxygen atoms in total. The molecule has 19 heavy (non-hydrogen) atoms. The third kappa shape index (κ3) is 4.71. The maximum atomic E-state index is 11.7. The number of hydrogen-bond acceptors (Lipinski definition) is 3. The molecule has 2 amide bonds. The van der Waals surface area contributed by atoms with E-state index in [0.29, 0.717) is 18.4 Å². The molecule has 0 spiro atoms. The van der Waals surface area contributed by atoms with Crippen molar-refractivity contribution in [3.05, 3.63) is 29.3 Å². The topological polar surface area (TPSA) is 84.2 Å². The van der Waals surface area contributed by atoms with Crippen LogP contribution in [0, 0.1) is 6.92 Å². The summed E-state index contributed by atoms with van der Waals surface area (Å²) >= 11 is 0. The Hall–Kier alpha value is -1.88. The summed E-state index contributed by atoms with van der Waals surface area (Å²) in [6.45, 7) is 3.73. The summed E-state index contributed by atoms with van der Waals surface area (Å²) in [7, 11) is 1.58. The van der Waals surface area contributed by atoms with Crippen LogP contribution in [0.4, 0.5) is 5.69 Å². The number of benzene rings is 1. The molecular weight excluding hydrogens is 242 g/mol. The lowest BCUT2D eigenvalue weighted by Gasteiger charge is -2.10. The van der Waals surface area contributed by atoms with Crippen LogP contribution < -0.4 is 16.4 Å². The van der Waals surface area contributed by atoms with Crippen molar-refractivity contribution in [2.75, 3.05) is 12.4 Å². The minimum Gasteiger partial charge on any atom is -0.355 e. The van der Waals surface area contributed by atoms with Crippen molar-refractivity contribution in [1.29, 1.82) is 0 Å². The van der Waals surface area contributed by atoms with E-state index in [0.717, 1.165) is 11.3 Å². The molecule has 0 heterocycles. The number of carbonyl (C=O) groups excluding carboxylic acids is 2. The highest BCUT2D eigenvalue weighted by Gasteiger charge is 2.09. The van der Waals surface area contributed by atoms with Gasteiger partial charge >= 0.3 is 0 Å². The maximum Gasteiger partial charge on any atom is 0.251 e. The lowest BCUT2D eigenvalue weighted by molar-refractivity contribution is -0.116. The molecule has 1 atom stereocenters. The first-order valence-corrected chi connectivity index (χ1v) is 6.32. The summed E-state index contributed by atoms with van der Waals surface area (Å²) < 4.78 is 0. The Labute approximate surface area is 113 Å². The lowest BCUT2D eigenvalue weighted by atomic mass is 10.1. The van der Waals surface area contributed by atoms with Crippen LogP contribution in [0.2, 0.25) is 0 Å². The van der Waals surface area contributed by atoms with E-state index >= 15 is 0 Å². The van der Waals surface area contributed by atoms with Crippen molar-refractivity contribution in [3.63, 3.8) is 0 Å². The van der Waals surface area contributed by atoms with Gasteiger partial charge in [-0.1, -0.05) is 0 Å². The van der Waals surface area contributed by atoms with E-state index in [1.54, 1.807) is 25.2 Å². The summed E-state index contributed by atoms with van der Waals surface area (Å²) in [5.74, 6) is -0.203. The molecule has 104 valence electrons. The predicted molar refractivity (Wildman–Crippen MR) is 76.1 cm³/mol. The van der Waals surface area contributed by atoms with Gasteiger partial charge in [0.1, 0.15) is 0 Å². The average molecular weight is 263 g/mol. The monoisotopic (exact) mass is 263 g/mol. The van der Waals surface area contributed by atoms with Gasteiger partial charge in [0.15, 0.2) is 0 Å². The van der Waals surface area contributed by atoms with Crippen LogP contribution >= 0.6 is 0 Å². The van der Waals surface area contributed by atoms with Gasteiger partial charge in [-0.2, -0.15) is 0 Å². The molecule has 0 aliphatic rings. The SMILES string of the molecule is CNC(=O)c1ccc(NC(=O)CCC(C)N)c(C)c1. The number of anilines is 1. The third-order valence-corrected chi connectivity index (χ3v) is 2.82. The van der Waals surface area contributed by atoms with E-state index in [1.165, 1.54) is 0 Å². The fourth-order valence-corrected chi connectivity index (χ4v) is 1.66. The molecule has 4 N–H and O–H groups in total. The molecule has 0 aromatic heterocycles. The van der Waals surface area contributed by atoms with Crippen LogP contribution in [0.5, 0.6) is 0 Å². The zero-order valence-corrected chi connectivity index (χ0v) is 11.6. The number of nitrogens with two attached hydrogens (primary N) is 1. The molecule has 1 aromatic rings. The van der Waals surface area contributed by atoms with Crippen LogP contribution in [-0.4, -0.2) is 24.9 Å². The number of amides is 2. The van der Waals surface area contributed by atoms with Crippen molar-refractivity contribution in [1.82, 2.24) is 5.32 Å². The van der Waals surface area contributed by atoms with Crippen LogP contribution in [0.15, 0.2) is 18.2 Å². The Kier molecular flexibility index (Phi) is 5.51. The molecule has 1 rings (SSSR count). The van der Waals surface area contributed by atoms with Crippen molar-refractivity contribution in [3.8, 4) is 0 Å². The first-order valence-electron chi connectivity index (χ1n) is 6.32. The Bertz CT molecular complexity index is 470. The highest BCUT2D eigenvalue weighted by Crippen LogP contribution is 2.17. The highest BCUT2D eigenvalue weighted by atomic mass is 16.2. The van der Waals surface area contributed by atoms with E-state index in [1.807, 2.05) is 13.8 Å². The molecule has 1 aromatic carbocycles. The van der Waals surface area contributed by atoms with Gasteiger partial charge in [-0.15, -0.1) is 0 Å². The van der Waals surface area contributed by atoms with E-state index in [4.69, 9.17) is 5.73 Å². The van der Waals surface area contributed by atoms with Gasteiger partial charge in [-0.25, -0.2) is 0 Å². The van der Waals surface area contributed by atoms with Crippen molar-refractivity contribution >= 4 is 17.5 Å². The maximum absolute atomic E-state index is 11.7. The standard InChI is InChI=1S/C14H21N3O2/c1-9-8-11(14(19)16-3)5-6-12(9)17-13(18)7-4-10(2)15/h5-6,8,10H,4,7,15H2,1-3H3,(H,16,19)(H,17,18). The average Bonchev–Trinajstić information content (AvgIpc) is 2.37. The van der Waals surface area contributed by atoms with E-state index in [-0.39, 0.29) is 17.9 Å². The first-order chi connectivity index (χ1) is 8.93. The molecule has 0 fully saturated rings. The Morgan fingerprint density at radius 2 is 2.05 bits per heavy atom. The number of hydrogen-bond donors (Lipinski definition) is 3. The van der Waals surface area contributed by atoms with Gasteiger partial charge in [0, 0.05) is 30.8 Å². The summed E-state index contributed by atoms with van der Waals surface area (Å²) in [5, 5.41) is 5.38.